The van der Waals surface area contributed by atoms with Crippen molar-refractivity contribution in [2.45, 2.75) is 12.8 Å². The third kappa shape index (κ3) is 3.31. The summed E-state index contributed by atoms with van der Waals surface area (Å²) in [6.07, 6.45) is 3.37. The standard InChI is InChI=1S/C20H20N4O2/c25-16-9-7-15(8-10-16)23-20(26)14-4-3-11-24(12-14)19-17-5-1-2-6-18(17)21-13-22-19/h1-2,5-10,13-14,25H,3-4,11-12H2,(H,23,26). The Bertz CT molecular complexity index is 921. The number of anilines is 2. The molecule has 0 spiro atoms. The maximum absolute atomic E-state index is 12.7. The summed E-state index contributed by atoms with van der Waals surface area (Å²) in [5.41, 5.74) is 1.60. The SMILES string of the molecule is O=C(Nc1ccc(O)cc1)C1CCCN(c2ncnc3ccccc23)C1. The number of aromatic nitrogens is 2. The Labute approximate surface area is 151 Å². The number of nitrogens with one attached hydrogen (secondary N) is 1. The number of carbonyl (C=O) groups excluding carboxylic acids is 1. The van der Waals surface area contributed by atoms with Crippen LogP contribution in [0.3, 0.4) is 0 Å². The molecular weight excluding hydrogens is 328 g/mol. The van der Waals surface area contributed by atoms with Crippen molar-refractivity contribution >= 4 is 28.3 Å². The van der Waals surface area contributed by atoms with E-state index in [1.807, 2.05) is 24.3 Å². The minimum atomic E-state index is -0.105. The van der Waals surface area contributed by atoms with Gasteiger partial charge < -0.3 is 15.3 Å². The zero-order valence-electron chi connectivity index (χ0n) is 14.3. The van der Waals surface area contributed by atoms with Gasteiger partial charge in [0.15, 0.2) is 0 Å². The van der Waals surface area contributed by atoms with Crippen LogP contribution in [0.2, 0.25) is 0 Å². The van der Waals surface area contributed by atoms with Crippen molar-refractivity contribution < 1.29 is 9.90 Å². The fourth-order valence-corrected chi connectivity index (χ4v) is 3.42. The van der Waals surface area contributed by atoms with Crippen LogP contribution >= 0.6 is 0 Å². The number of aromatic hydroxyl groups is 1. The van der Waals surface area contributed by atoms with Crippen molar-refractivity contribution in [1.82, 2.24) is 9.97 Å². The monoisotopic (exact) mass is 348 g/mol. The molecule has 4 rings (SSSR count). The first-order chi connectivity index (χ1) is 12.7. The van der Waals surface area contributed by atoms with Gasteiger partial charge in [-0.25, -0.2) is 9.97 Å². The summed E-state index contributed by atoms with van der Waals surface area (Å²) < 4.78 is 0. The van der Waals surface area contributed by atoms with E-state index in [-0.39, 0.29) is 17.6 Å². The number of phenols is 1. The Morgan fingerprint density at radius 2 is 1.92 bits per heavy atom. The van der Waals surface area contributed by atoms with Crippen LogP contribution in [-0.2, 0) is 4.79 Å². The number of para-hydroxylation sites is 1. The van der Waals surface area contributed by atoms with Gasteiger partial charge in [-0.3, -0.25) is 4.79 Å². The Kier molecular flexibility index (Phi) is 4.39. The molecule has 2 heterocycles. The zero-order chi connectivity index (χ0) is 17.9. The summed E-state index contributed by atoms with van der Waals surface area (Å²) in [5, 5.41) is 13.3. The van der Waals surface area contributed by atoms with Crippen molar-refractivity contribution in [3.63, 3.8) is 0 Å². The maximum Gasteiger partial charge on any atom is 0.229 e. The van der Waals surface area contributed by atoms with Gasteiger partial charge in [0.05, 0.1) is 11.4 Å². The van der Waals surface area contributed by atoms with Crippen LogP contribution in [0.4, 0.5) is 11.5 Å². The molecule has 132 valence electrons. The van der Waals surface area contributed by atoms with Gasteiger partial charge in [-0.1, -0.05) is 12.1 Å². The minimum Gasteiger partial charge on any atom is -0.508 e. The topological polar surface area (TPSA) is 78.4 Å². The highest BCUT2D eigenvalue weighted by Crippen LogP contribution is 2.28. The van der Waals surface area contributed by atoms with E-state index in [1.54, 1.807) is 30.6 Å². The molecule has 26 heavy (non-hydrogen) atoms. The lowest BCUT2D eigenvalue weighted by Crippen LogP contribution is -2.41. The van der Waals surface area contributed by atoms with E-state index >= 15 is 0 Å². The van der Waals surface area contributed by atoms with E-state index in [0.717, 1.165) is 36.1 Å². The van der Waals surface area contributed by atoms with E-state index in [0.29, 0.717) is 12.2 Å². The lowest BCUT2D eigenvalue weighted by atomic mass is 9.96. The van der Waals surface area contributed by atoms with Crippen molar-refractivity contribution in [3.05, 3.63) is 54.9 Å². The van der Waals surface area contributed by atoms with E-state index < -0.39 is 0 Å². The lowest BCUT2D eigenvalue weighted by Gasteiger charge is -2.33. The van der Waals surface area contributed by atoms with Crippen LogP contribution in [0.1, 0.15) is 12.8 Å². The molecule has 3 aromatic rings. The number of fused-ring (bicyclic) bond motifs is 1. The molecule has 1 atom stereocenters. The van der Waals surface area contributed by atoms with Gasteiger partial charge in [-0.2, -0.15) is 0 Å². The number of hydrogen-bond acceptors (Lipinski definition) is 5. The fourth-order valence-electron chi connectivity index (χ4n) is 3.42. The van der Waals surface area contributed by atoms with Crippen molar-refractivity contribution in [3.8, 4) is 5.75 Å². The zero-order valence-corrected chi connectivity index (χ0v) is 14.3. The fraction of sp³-hybridized carbons (Fsp3) is 0.250. The van der Waals surface area contributed by atoms with E-state index in [1.165, 1.54) is 0 Å². The number of nitrogens with zero attached hydrogens (tertiary/aromatic N) is 3. The van der Waals surface area contributed by atoms with Gasteiger partial charge in [-0.05, 0) is 49.2 Å². The average Bonchev–Trinajstić information content (AvgIpc) is 2.69. The Hall–Kier alpha value is -3.15. The number of hydrogen-bond donors (Lipinski definition) is 2. The first-order valence-electron chi connectivity index (χ1n) is 8.75. The molecule has 2 aromatic carbocycles. The van der Waals surface area contributed by atoms with Gasteiger partial charge in [0, 0.05) is 24.2 Å². The molecule has 1 aliphatic rings. The summed E-state index contributed by atoms with van der Waals surface area (Å²) in [6, 6.07) is 14.5. The van der Waals surface area contributed by atoms with Crippen molar-refractivity contribution in [2.75, 3.05) is 23.3 Å². The summed E-state index contributed by atoms with van der Waals surface area (Å²) in [5.74, 6) is 0.963. The Morgan fingerprint density at radius 3 is 2.77 bits per heavy atom. The molecule has 1 aromatic heterocycles. The number of carbonyl (C=O) groups is 1. The van der Waals surface area contributed by atoms with Gasteiger partial charge in [0.2, 0.25) is 5.91 Å². The van der Waals surface area contributed by atoms with E-state index in [4.69, 9.17) is 0 Å². The number of amides is 1. The molecule has 0 radical (unpaired) electrons. The second-order valence-corrected chi connectivity index (χ2v) is 6.54. The van der Waals surface area contributed by atoms with Crippen LogP contribution in [0.15, 0.2) is 54.9 Å². The number of piperidine rings is 1. The lowest BCUT2D eigenvalue weighted by molar-refractivity contribution is -0.120. The van der Waals surface area contributed by atoms with Crippen molar-refractivity contribution in [2.24, 2.45) is 5.92 Å². The summed E-state index contributed by atoms with van der Waals surface area (Å²) in [7, 11) is 0. The normalized spacial score (nSPS) is 17.2. The smallest absolute Gasteiger partial charge is 0.229 e. The molecule has 1 amide bonds. The molecule has 0 bridgehead atoms. The van der Waals surface area contributed by atoms with Crippen LogP contribution in [0.25, 0.3) is 10.9 Å². The third-order valence-electron chi connectivity index (χ3n) is 4.75. The van der Waals surface area contributed by atoms with Gasteiger partial charge >= 0.3 is 0 Å². The van der Waals surface area contributed by atoms with Crippen LogP contribution in [-0.4, -0.2) is 34.1 Å². The first kappa shape index (κ1) is 16.3. The van der Waals surface area contributed by atoms with E-state index in [2.05, 4.69) is 20.2 Å². The number of benzene rings is 2. The van der Waals surface area contributed by atoms with Gasteiger partial charge in [0.1, 0.15) is 17.9 Å². The van der Waals surface area contributed by atoms with Crippen LogP contribution in [0, 0.1) is 5.92 Å². The summed E-state index contributed by atoms with van der Waals surface area (Å²) >= 11 is 0. The average molecular weight is 348 g/mol. The molecule has 2 N–H and O–H groups in total. The largest absolute Gasteiger partial charge is 0.508 e. The van der Waals surface area contributed by atoms with E-state index in [9.17, 15) is 9.90 Å². The number of phenolic OH excluding ortho intramolecular Hbond substituents is 1. The molecule has 6 heteroatoms. The molecule has 1 unspecified atom stereocenters. The highest BCUT2D eigenvalue weighted by atomic mass is 16.3. The highest BCUT2D eigenvalue weighted by Gasteiger charge is 2.27. The number of rotatable bonds is 3. The second kappa shape index (κ2) is 7.00. The highest BCUT2D eigenvalue weighted by molar-refractivity contribution is 5.94. The maximum atomic E-state index is 12.7. The molecule has 6 nitrogen and oxygen atoms in total. The quantitative estimate of drug-likeness (QED) is 0.711. The van der Waals surface area contributed by atoms with Gasteiger partial charge in [-0.15, -0.1) is 0 Å². The predicted octanol–water partition coefficient (Wildman–Crippen LogP) is 3.19. The van der Waals surface area contributed by atoms with Crippen LogP contribution in [0.5, 0.6) is 5.75 Å². The van der Waals surface area contributed by atoms with Crippen molar-refractivity contribution in [1.29, 1.82) is 0 Å². The molecule has 1 saturated heterocycles. The summed E-state index contributed by atoms with van der Waals surface area (Å²) in [6.45, 7) is 1.51. The molecule has 0 saturated carbocycles. The first-order valence-corrected chi connectivity index (χ1v) is 8.75. The Morgan fingerprint density at radius 1 is 1.12 bits per heavy atom. The summed E-state index contributed by atoms with van der Waals surface area (Å²) in [4.78, 5) is 23.6. The second-order valence-electron chi connectivity index (χ2n) is 6.54. The predicted molar refractivity (Wildman–Crippen MR) is 101 cm³/mol. The third-order valence-corrected chi connectivity index (χ3v) is 4.75. The molecule has 1 aliphatic heterocycles. The minimum absolute atomic E-state index is 0.00116. The van der Waals surface area contributed by atoms with Gasteiger partial charge in [0.25, 0.3) is 0 Å². The Balaban J connectivity index is 1.51. The van der Waals surface area contributed by atoms with Crippen LogP contribution < -0.4 is 10.2 Å². The molecule has 1 fully saturated rings. The molecule has 0 aliphatic carbocycles. The molecular formula is C20H20N4O2.